The lowest BCUT2D eigenvalue weighted by molar-refractivity contribution is -0.142. The van der Waals surface area contributed by atoms with Crippen LogP contribution in [0.25, 0.3) is 10.8 Å². The average Bonchev–Trinajstić information content (AvgIpc) is 3.03. The Morgan fingerprint density at radius 2 is 1.50 bits per heavy atom. The molecule has 0 aliphatic carbocycles. The van der Waals surface area contributed by atoms with E-state index in [1.54, 1.807) is 38.1 Å². The Labute approximate surface area is 266 Å². The van der Waals surface area contributed by atoms with E-state index in [9.17, 15) is 28.8 Å². The SMILES string of the molecule is CC(C)[C@H](NC(=O)[C@@H](C)NC(=O)OCc1ccccc1)C(=O)NN(CC(N)=O)C(=O)/C=C/C(=O)NCc1cccc2ccccc12. The highest BCUT2D eigenvalue weighted by Crippen LogP contribution is 2.18. The maximum Gasteiger partial charge on any atom is 0.408 e. The Kier molecular flexibility index (Phi) is 12.8. The van der Waals surface area contributed by atoms with Crippen LogP contribution in [0.5, 0.6) is 0 Å². The van der Waals surface area contributed by atoms with Gasteiger partial charge in [-0.1, -0.05) is 86.6 Å². The number of benzene rings is 3. The van der Waals surface area contributed by atoms with Crippen LogP contribution in [0.1, 0.15) is 31.9 Å². The third kappa shape index (κ3) is 10.8. The first-order valence-electron chi connectivity index (χ1n) is 14.5. The normalized spacial score (nSPS) is 12.2. The van der Waals surface area contributed by atoms with Crippen LogP contribution in [0.2, 0.25) is 0 Å². The van der Waals surface area contributed by atoms with Gasteiger partial charge in [0.1, 0.15) is 25.2 Å². The number of nitrogens with zero attached hydrogens (tertiary/aromatic N) is 1. The number of alkyl carbamates (subject to hydrolysis) is 1. The van der Waals surface area contributed by atoms with Gasteiger partial charge < -0.3 is 26.4 Å². The molecule has 0 aliphatic rings. The third-order valence-corrected chi connectivity index (χ3v) is 6.72. The summed E-state index contributed by atoms with van der Waals surface area (Å²) in [4.78, 5) is 75.1. The fourth-order valence-corrected chi connectivity index (χ4v) is 4.28. The molecule has 6 N–H and O–H groups in total. The van der Waals surface area contributed by atoms with Crippen molar-refractivity contribution in [3.63, 3.8) is 0 Å². The van der Waals surface area contributed by atoms with Gasteiger partial charge in [0.25, 0.3) is 11.8 Å². The number of nitrogens with one attached hydrogen (secondary N) is 4. The van der Waals surface area contributed by atoms with Crippen LogP contribution in [0.3, 0.4) is 0 Å². The number of amides is 6. The predicted molar refractivity (Wildman–Crippen MR) is 170 cm³/mol. The lowest BCUT2D eigenvalue weighted by Gasteiger charge is -2.27. The summed E-state index contributed by atoms with van der Waals surface area (Å²) in [7, 11) is 0. The molecule has 0 heterocycles. The number of hydrogen-bond acceptors (Lipinski definition) is 7. The zero-order valence-corrected chi connectivity index (χ0v) is 25.8. The number of rotatable bonds is 13. The summed E-state index contributed by atoms with van der Waals surface area (Å²) in [6.45, 7) is 4.22. The molecule has 0 aromatic heterocycles. The van der Waals surface area contributed by atoms with Gasteiger partial charge in [-0.05, 0) is 34.7 Å². The predicted octanol–water partition coefficient (Wildman–Crippen LogP) is 1.81. The Hall–Kier alpha value is -5.72. The first-order valence-corrected chi connectivity index (χ1v) is 14.5. The van der Waals surface area contributed by atoms with E-state index in [-0.39, 0.29) is 13.2 Å². The second-order valence-corrected chi connectivity index (χ2v) is 10.7. The van der Waals surface area contributed by atoms with Gasteiger partial charge in [0.15, 0.2) is 0 Å². The first kappa shape index (κ1) is 34.8. The minimum Gasteiger partial charge on any atom is -0.445 e. The van der Waals surface area contributed by atoms with Gasteiger partial charge in [-0.3, -0.25) is 29.4 Å². The van der Waals surface area contributed by atoms with Gasteiger partial charge in [0.05, 0.1) is 0 Å². The summed E-state index contributed by atoms with van der Waals surface area (Å²) < 4.78 is 5.13. The smallest absolute Gasteiger partial charge is 0.408 e. The van der Waals surface area contributed by atoms with Crippen molar-refractivity contribution in [2.45, 2.75) is 46.0 Å². The monoisotopic (exact) mass is 630 g/mol. The van der Waals surface area contributed by atoms with Gasteiger partial charge in [-0.2, -0.15) is 0 Å². The lowest BCUT2D eigenvalue weighted by Crippen LogP contribution is -2.59. The number of carbonyl (C=O) groups is 6. The van der Waals surface area contributed by atoms with Crippen molar-refractivity contribution in [3.8, 4) is 0 Å². The van der Waals surface area contributed by atoms with Crippen molar-refractivity contribution in [1.29, 1.82) is 0 Å². The molecular weight excluding hydrogens is 592 g/mol. The van der Waals surface area contributed by atoms with Crippen LogP contribution in [-0.2, 0) is 41.9 Å². The molecule has 0 saturated carbocycles. The maximum absolute atomic E-state index is 13.1. The molecule has 0 bridgehead atoms. The number of hydrazine groups is 1. The van der Waals surface area contributed by atoms with Crippen LogP contribution in [0.4, 0.5) is 4.79 Å². The van der Waals surface area contributed by atoms with E-state index < -0.39 is 60.2 Å². The molecule has 46 heavy (non-hydrogen) atoms. The zero-order chi connectivity index (χ0) is 33.6. The number of hydrogen-bond donors (Lipinski definition) is 5. The Bertz CT molecular complexity index is 1590. The summed E-state index contributed by atoms with van der Waals surface area (Å²) in [6, 6.07) is 20.1. The number of nitrogens with two attached hydrogens (primary N) is 1. The summed E-state index contributed by atoms with van der Waals surface area (Å²) in [5.41, 5.74) is 9.21. The molecule has 2 atom stereocenters. The van der Waals surface area contributed by atoms with E-state index in [0.29, 0.717) is 5.01 Å². The second-order valence-electron chi connectivity index (χ2n) is 10.7. The standard InChI is InChI=1S/C33H38N6O7/c1-21(2)30(37-31(43)22(3)36-33(45)46-20-23-10-5-4-6-11-23)32(44)38-39(19-27(34)40)29(42)17-16-28(41)35-18-25-14-9-13-24-12-7-8-15-26(24)25/h4-17,21-22,30H,18-20H2,1-3H3,(H2,34,40)(H,35,41)(H,36,45)(H,37,43)(H,38,44)/b17-16+/t22-,30+/m1/s1. The quantitative estimate of drug-likeness (QED) is 0.141. The number of primary amides is 1. The fourth-order valence-electron chi connectivity index (χ4n) is 4.28. The van der Waals surface area contributed by atoms with Crippen molar-refractivity contribution in [2.75, 3.05) is 6.54 Å². The van der Waals surface area contributed by atoms with Crippen LogP contribution in [0.15, 0.2) is 84.9 Å². The van der Waals surface area contributed by atoms with Gasteiger partial charge >= 0.3 is 6.09 Å². The molecule has 0 radical (unpaired) electrons. The zero-order valence-electron chi connectivity index (χ0n) is 25.8. The number of fused-ring (bicyclic) bond motifs is 1. The second kappa shape index (κ2) is 16.9. The molecule has 6 amide bonds. The van der Waals surface area contributed by atoms with E-state index in [1.807, 2.05) is 48.5 Å². The molecule has 13 nitrogen and oxygen atoms in total. The summed E-state index contributed by atoms with van der Waals surface area (Å²) in [6.07, 6.45) is 1.03. The fraction of sp³-hybridized carbons (Fsp3) is 0.273. The van der Waals surface area contributed by atoms with E-state index in [0.717, 1.165) is 34.1 Å². The lowest BCUT2D eigenvalue weighted by atomic mass is 10.0. The van der Waals surface area contributed by atoms with E-state index in [4.69, 9.17) is 10.5 Å². The van der Waals surface area contributed by atoms with Crippen LogP contribution in [-0.4, -0.2) is 59.3 Å². The maximum atomic E-state index is 13.1. The van der Waals surface area contributed by atoms with Crippen molar-refractivity contribution in [1.82, 2.24) is 26.4 Å². The van der Waals surface area contributed by atoms with E-state index in [1.165, 1.54) is 6.92 Å². The molecule has 0 spiro atoms. The molecule has 0 saturated heterocycles. The number of ether oxygens (including phenoxy) is 1. The highest BCUT2D eigenvalue weighted by molar-refractivity contribution is 5.99. The Balaban J connectivity index is 1.56. The van der Waals surface area contributed by atoms with Crippen molar-refractivity contribution < 1.29 is 33.5 Å². The molecule has 242 valence electrons. The molecule has 0 fully saturated rings. The number of carbonyl (C=O) groups excluding carboxylic acids is 6. The van der Waals surface area contributed by atoms with Crippen molar-refractivity contribution in [3.05, 3.63) is 96.1 Å². The largest absolute Gasteiger partial charge is 0.445 e. The highest BCUT2D eigenvalue weighted by atomic mass is 16.5. The highest BCUT2D eigenvalue weighted by Gasteiger charge is 2.29. The molecule has 0 aliphatic heterocycles. The summed E-state index contributed by atoms with van der Waals surface area (Å²) in [5, 5.41) is 10.3. The van der Waals surface area contributed by atoms with Gasteiger partial charge in [0, 0.05) is 18.7 Å². The van der Waals surface area contributed by atoms with E-state index in [2.05, 4.69) is 21.4 Å². The first-order chi connectivity index (χ1) is 21.9. The molecule has 3 aromatic carbocycles. The van der Waals surface area contributed by atoms with E-state index >= 15 is 0 Å². The molecule has 0 unspecified atom stereocenters. The van der Waals surface area contributed by atoms with Crippen LogP contribution < -0.4 is 27.1 Å². The Morgan fingerprint density at radius 1 is 0.826 bits per heavy atom. The van der Waals surface area contributed by atoms with Crippen molar-refractivity contribution in [2.24, 2.45) is 11.7 Å². The molecule has 13 heteroatoms. The summed E-state index contributed by atoms with van der Waals surface area (Å²) in [5.74, 6) is -4.41. The molecule has 3 rings (SSSR count). The minimum absolute atomic E-state index is 0.00206. The molecule has 3 aromatic rings. The van der Waals surface area contributed by atoms with Crippen LogP contribution in [0, 0.1) is 5.92 Å². The van der Waals surface area contributed by atoms with Gasteiger partial charge in [-0.15, -0.1) is 0 Å². The van der Waals surface area contributed by atoms with Crippen molar-refractivity contribution >= 4 is 46.4 Å². The minimum atomic E-state index is -1.17. The van der Waals surface area contributed by atoms with Crippen LogP contribution >= 0.6 is 0 Å². The topological polar surface area (TPSA) is 189 Å². The Morgan fingerprint density at radius 3 is 2.20 bits per heavy atom. The third-order valence-electron chi connectivity index (χ3n) is 6.72. The van der Waals surface area contributed by atoms with Gasteiger partial charge in [0.2, 0.25) is 17.7 Å². The average molecular weight is 631 g/mol. The summed E-state index contributed by atoms with van der Waals surface area (Å²) >= 11 is 0. The van der Waals surface area contributed by atoms with Gasteiger partial charge in [-0.25, -0.2) is 9.80 Å². The molecular formula is C33H38N6O7.